The van der Waals surface area contributed by atoms with Crippen molar-refractivity contribution in [3.8, 4) is 0 Å². The molecular weight excluding hydrogens is 292 g/mol. The number of hydrogen-bond donors (Lipinski definition) is 1. The van der Waals surface area contributed by atoms with Crippen molar-refractivity contribution in [2.24, 2.45) is 0 Å². The highest BCUT2D eigenvalue weighted by Crippen LogP contribution is 2.47. The molecule has 1 aromatic carbocycles. The van der Waals surface area contributed by atoms with Crippen LogP contribution < -0.4 is 0 Å². The second-order valence-corrected chi connectivity index (χ2v) is 5.80. The molecule has 0 saturated heterocycles. The first-order valence-electron chi connectivity index (χ1n) is 6.73. The lowest BCUT2D eigenvalue weighted by molar-refractivity contribution is -0.171. The van der Waals surface area contributed by atoms with Crippen molar-refractivity contribution in [1.82, 2.24) is 0 Å². The highest BCUT2D eigenvalue weighted by molar-refractivity contribution is 6.31. The molecular formula is C16H17ClO4. The third-order valence-corrected chi connectivity index (χ3v) is 4.06. The van der Waals surface area contributed by atoms with Gasteiger partial charge in [-0.25, -0.2) is 4.79 Å². The van der Waals surface area contributed by atoms with Crippen LogP contribution in [-0.4, -0.2) is 17.0 Å². The number of aliphatic carboxylic acids is 1. The van der Waals surface area contributed by atoms with Crippen molar-refractivity contribution in [3.05, 3.63) is 46.5 Å². The van der Waals surface area contributed by atoms with Crippen LogP contribution in [0.2, 0.25) is 5.02 Å². The molecule has 5 heteroatoms. The van der Waals surface area contributed by atoms with Gasteiger partial charge in [-0.1, -0.05) is 30.3 Å². The lowest BCUT2D eigenvalue weighted by Gasteiger charge is -2.42. The van der Waals surface area contributed by atoms with E-state index in [1.807, 2.05) is 25.1 Å². The third kappa shape index (κ3) is 3.27. The van der Waals surface area contributed by atoms with Crippen LogP contribution in [0.5, 0.6) is 0 Å². The van der Waals surface area contributed by atoms with Gasteiger partial charge in [0.15, 0.2) is 0 Å². The molecule has 1 aromatic rings. The number of halogens is 1. The van der Waals surface area contributed by atoms with E-state index in [1.54, 1.807) is 0 Å². The summed E-state index contributed by atoms with van der Waals surface area (Å²) < 4.78 is 5.55. The fourth-order valence-corrected chi connectivity index (χ4v) is 2.83. The highest BCUT2D eigenvalue weighted by atomic mass is 35.5. The summed E-state index contributed by atoms with van der Waals surface area (Å²) in [5, 5.41) is 9.33. The van der Waals surface area contributed by atoms with E-state index in [-0.39, 0.29) is 12.0 Å². The minimum absolute atomic E-state index is 0.176. The van der Waals surface area contributed by atoms with Gasteiger partial charge in [0.1, 0.15) is 5.60 Å². The van der Waals surface area contributed by atoms with Crippen molar-refractivity contribution < 1.29 is 19.4 Å². The number of carbonyl (C=O) groups is 2. The van der Waals surface area contributed by atoms with Gasteiger partial charge in [-0.05, 0) is 37.8 Å². The Hall–Kier alpha value is -1.81. The summed E-state index contributed by atoms with van der Waals surface area (Å²) in [4.78, 5) is 22.6. The maximum atomic E-state index is 11.9. The van der Waals surface area contributed by atoms with Crippen LogP contribution in [0, 0.1) is 6.92 Å². The minimum atomic E-state index is -1.19. The number of hydrogen-bond acceptors (Lipinski definition) is 3. The third-order valence-electron chi connectivity index (χ3n) is 3.75. The highest BCUT2D eigenvalue weighted by Gasteiger charge is 2.44. The lowest BCUT2D eigenvalue weighted by Crippen LogP contribution is -2.39. The standard InChI is InChI=1S/C16H17ClO4/c1-10-4-5-12(13(17)8-10)16(6-3-7-16)21-14(18)9-11(2)15(19)20/h4-5,8H,2-3,6-7,9H2,1H3,(H,19,20). The molecule has 2 rings (SSSR count). The van der Waals surface area contributed by atoms with Crippen molar-refractivity contribution >= 4 is 23.5 Å². The number of benzene rings is 1. The average Bonchev–Trinajstić information content (AvgIpc) is 2.34. The number of esters is 1. The van der Waals surface area contributed by atoms with Crippen molar-refractivity contribution in [1.29, 1.82) is 0 Å². The van der Waals surface area contributed by atoms with E-state index in [2.05, 4.69) is 6.58 Å². The number of carbonyl (C=O) groups excluding carboxylic acids is 1. The molecule has 1 aliphatic carbocycles. The lowest BCUT2D eigenvalue weighted by atomic mass is 9.74. The van der Waals surface area contributed by atoms with Crippen molar-refractivity contribution in [2.45, 2.75) is 38.2 Å². The molecule has 21 heavy (non-hydrogen) atoms. The molecule has 1 fully saturated rings. The number of carboxylic acids is 1. The summed E-state index contributed by atoms with van der Waals surface area (Å²) in [7, 11) is 0. The predicted octanol–water partition coefficient (Wildman–Crippen LogP) is 3.60. The Kier molecular flexibility index (Phi) is 4.37. The molecule has 0 spiro atoms. The number of rotatable bonds is 5. The van der Waals surface area contributed by atoms with E-state index in [0.29, 0.717) is 17.9 Å². The Morgan fingerprint density at radius 3 is 2.57 bits per heavy atom. The Bertz CT molecular complexity index is 602. The SMILES string of the molecule is C=C(CC(=O)OC1(c2ccc(C)cc2Cl)CCC1)C(=O)O. The van der Waals surface area contributed by atoms with E-state index in [1.165, 1.54) is 0 Å². The van der Waals surface area contributed by atoms with Crippen LogP contribution in [-0.2, 0) is 19.9 Å². The van der Waals surface area contributed by atoms with Gasteiger partial charge in [0.25, 0.3) is 0 Å². The van der Waals surface area contributed by atoms with Gasteiger partial charge in [-0.2, -0.15) is 0 Å². The molecule has 1 saturated carbocycles. The zero-order valence-electron chi connectivity index (χ0n) is 11.8. The molecule has 112 valence electrons. The summed E-state index contributed by atoms with van der Waals surface area (Å²) in [5.41, 5.74) is 0.921. The van der Waals surface area contributed by atoms with Crippen LogP contribution in [0.3, 0.4) is 0 Å². The largest absolute Gasteiger partial charge is 0.478 e. The maximum absolute atomic E-state index is 11.9. The van der Waals surface area contributed by atoms with E-state index >= 15 is 0 Å². The first kappa shape index (κ1) is 15.6. The fraction of sp³-hybridized carbons (Fsp3) is 0.375. The Balaban J connectivity index is 2.17. The van der Waals surface area contributed by atoms with Crippen LogP contribution in [0.4, 0.5) is 0 Å². The van der Waals surface area contributed by atoms with Crippen molar-refractivity contribution in [3.63, 3.8) is 0 Å². The normalized spacial score (nSPS) is 15.9. The number of carboxylic acid groups (broad SMARTS) is 1. The molecule has 0 heterocycles. The van der Waals surface area contributed by atoms with E-state index in [0.717, 1.165) is 17.5 Å². The Labute approximate surface area is 128 Å². The summed E-state index contributed by atoms with van der Waals surface area (Å²) in [5.74, 6) is -1.78. The molecule has 0 unspecified atom stereocenters. The summed E-state index contributed by atoms with van der Waals surface area (Å²) >= 11 is 6.26. The predicted molar refractivity (Wildman–Crippen MR) is 79.2 cm³/mol. The minimum Gasteiger partial charge on any atom is -0.478 e. The van der Waals surface area contributed by atoms with Crippen LogP contribution in [0.15, 0.2) is 30.4 Å². The Morgan fingerprint density at radius 2 is 2.10 bits per heavy atom. The summed E-state index contributed by atoms with van der Waals surface area (Å²) in [6, 6.07) is 5.63. The number of ether oxygens (including phenoxy) is 1. The Morgan fingerprint density at radius 1 is 1.43 bits per heavy atom. The van der Waals surface area contributed by atoms with Crippen molar-refractivity contribution in [2.75, 3.05) is 0 Å². The molecule has 0 aromatic heterocycles. The molecule has 4 nitrogen and oxygen atoms in total. The molecule has 0 aliphatic heterocycles. The van der Waals surface area contributed by atoms with E-state index < -0.39 is 17.5 Å². The molecule has 0 atom stereocenters. The zero-order chi connectivity index (χ0) is 15.6. The van der Waals surface area contributed by atoms with Crippen LogP contribution in [0.1, 0.15) is 36.8 Å². The average molecular weight is 309 g/mol. The first-order chi connectivity index (χ1) is 9.84. The fourth-order valence-electron chi connectivity index (χ4n) is 2.42. The molecule has 0 bridgehead atoms. The molecule has 1 N–H and O–H groups in total. The first-order valence-corrected chi connectivity index (χ1v) is 7.11. The molecule has 0 amide bonds. The van der Waals surface area contributed by atoms with Gasteiger partial charge in [0.2, 0.25) is 0 Å². The summed E-state index contributed by atoms with van der Waals surface area (Å²) in [6.07, 6.45) is 2.01. The van der Waals surface area contributed by atoms with Crippen LogP contribution >= 0.6 is 11.6 Å². The smallest absolute Gasteiger partial charge is 0.331 e. The number of aryl methyl sites for hydroxylation is 1. The van der Waals surface area contributed by atoms with Gasteiger partial charge in [-0.3, -0.25) is 4.79 Å². The zero-order valence-corrected chi connectivity index (χ0v) is 12.6. The van der Waals surface area contributed by atoms with E-state index in [9.17, 15) is 9.59 Å². The van der Waals surface area contributed by atoms with Crippen LogP contribution in [0.25, 0.3) is 0 Å². The van der Waals surface area contributed by atoms with Gasteiger partial charge in [0, 0.05) is 16.2 Å². The quantitative estimate of drug-likeness (QED) is 0.667. The second-order valence-electron chi connectivity index (χ2n) is 5.39. The topological polar surface area (TPSA) is 63.6 Å². The maximum Gasteiger partial charge on any atom is 0.331 e. The van der Waals surface area contributed by atoms with Gasteiger partial charge < -0.3 is 9.84 Å². The van der Waals surface area contributed by atoms with E-state index in [4.69, 9.17) is 21.4 Å². The monoisotopic (exact) mass is 308 g/mol. The van der Waals surface area contributed by atoms with Gasteiger partial charge >= 0.3 is 11.9 Å². The van der Waals surface area contributed by atoms with Gasteiger partial charge in [-0.15, -0.1) is 0 Å². The summed E-state index contributed by atoms with van der Waals surface area (Å²) in [6.45, 7) is 5.28. The molecule has 1 aliphatic rings. The second kappa shape index (κ2) is 5.90. The molecule has 0 radical (unpaired) electrons. The van der Waals surface area contributed by atoms with Gasteiger partial charge in [0.05, 0.1) is 6.42 Å².